The lowest BCUT2D eigenvalue weighted by Crippen LogP contribution is -1.98. The molecule has 1 aromatic heterocycles. The quantitative estimate of drug-likeness (QED) is 0.361. The Morgan fingerprint density at radius 3 is 2.73 bits per heavy atom. The Bertz CT molecular complexity index is 1030. The van der Waals surface area contributed by atoms with E-state index in [1.807, 2.05) is 0 Å². The molecule has 0 fully saturated rings. The van der Waals surface area contributed by atoms with Gasteiger partial charge in [-0.2, -0.15) is 14.9 Å². The number of aromatic hydroxyl groups is 2. The number of phenolic OH excluding ortho intramolecular Hbond substituents is 2. The first kappa shape index (κ1) is 17.5. The summed E-state index contributed by atoms with van der Waals surface area (Å²) in [4.78, 5) is 0. The number of H-pyrrole nitrogens is 1. The second-order valence-corrected chi connectivity index (χ2v) is 5.58. The van der Waals surface area contributed by atoms with Crippen LogP contribution in [0.1, 0.15) is 5.56 Å². The fourth-order valence-corrected chi connectivity index (χ4v) is 2.51. The summed E-state index contributed by atoms with van der Waals surface area (Å²) in [6.45, 7) is 0. The zero-order valence-corrected chi connectivity index (χ0v) is 14.8. The first-order valence-electron chi connectivity index (χ1n) is 7.50. The van der Waals surface area contributed by atoms with Gasteiger partial charge in [-0.05, 0) is 36.5 Å². The molecule has 1 heterocycles. The molecule has 0 bridgehead atoms. The van der Waals surface area contributed by atoms with Gasteiger partial charge in [0.05, 0.1) is 26.0 Å². The third-order valence-electron chi connectivity index (χ3n) is 3.66. The lowest BCUT2D eigenvalue weighted by molar-refractivity contribution is 0.395. The van der Waals surface area contributed by atoms with Gasteiger partial charge in [0.15, 0.2) is 17.3 Å². The van der Waals surface area contributed by atoms with E-state index in [1.54, 1.807) is 37.4 Å². The van der Waals surface area contributed by atoms with Crippen LogP contribution in [0.15, 0.2) is 41.5 Å². The van der Waals surface area contributed by atoms with Crippen molar-refractivity contribution in [1.29, 1.82) is 0 Å². The number of rotatable bonds is 5. The molecule has 26 heavy (non-hydrogen) atoms. The molecule has 0 atom stereocenters. The number of nitrogens with zero attached hydrogens (tertiary/aromatic N) is 3. The molecule has 9 heteroatoms. The second kappa shape index (κ2) is 7.28. The van der Waals surface area contributed by atoms with Crippen molar-refractivity contribution >= 4 is 18.4 Å². The molecule has 0 aliphatic carbocycles. The number of ether oxygens (including phenoxy) is 2. The maximum absolute atomic E-state index is 9.89. The first-order chi connectivity index (χ1) is 12.5. The molecule has 0 aliphatic heterocycles. The van der Waals surface area contributed by atoms with Gasteiger partial charge in [0.1, 0.15) is 11.5 Å². The average Bonchev–Trinajstić information content (AvgIpc) is 3.02. The molecular formula is C17H16N4O4S. The highest BCUT2D eigenvalue weighted by atomic mass is 32.1. The van der Waals surface area contributed by atoms with Gasteiger partial charge in [-0.3, -0.25) is 0 Å². The van der Waals surface area contributed by atoms with Crippen molar-refractivity contribution in [2.24, 2.45) is 5.10 Å². The molecule has 0 saturated carbocycles. The number of hydrogen-bond acceptors (Lipinski definition) is 7. The van der Waals surface area contributed by atoms with Crippen molar-refractivity contribution in [2.45, 2.75) is 0 Å². The predicted octanol–water partition coefficient (Wildman–Crippen LogP) is 2.92. The van der Waals surface area contributed by atoms with Gasteiger partial charge < -0.3 is 19.7 Å². The van der Waals surface area contributed by atoms with Gasteiger partial charge in [-0.1, -0.05) is 6.07 Å². The Morgan fingerprint density at radius 2 is 2.00 bits per heavy atom. The summed E-state index contributed by atoms with van der Waals surface area (Å²) in [7, 11) is 3.11. The van der Waals surface area contributed by atoms with Gasteiger partial charge in [0, 0.05) is 11.6 Å². The van der Waals surface area contributed by atoms with E-state index >= 15 is 0 Å². The van der Waals surface area contributed by atoms with Crippen molar-refractivity contribution in [3.8, 4) is 34.4 Å². The Labute approximate surface area is 154 Å². The van der Waals surface area contributed by atoms with Gasteiger partial charge in [-0.15, -0.1) is 0 Å². The number of phenols is 2. The summed E-state index contributed by atoms with van der Waals surface area (Å²) in [5.41, 5.74) is 0.985. The Balaban J connectivity index is 2.07. The molecule has 0 radical (unpaired) electrons. The minimum absolute atomic E-state index is 0.234. The maximum Gasteiger partial charge on any atom is 0.216 e. The predicted molar refractivity (Wildman–Crippen MR) is 98.7 cm³/mol. The monoisotopic (exact) mass is 372 g/mol. The van der Waals surface area contributed by atoms with Crippen LogP contribution in [-0.2, 0) is 0 Å². The largest absolute Gasteiger partial charge is 0.504 e. The standard InChI is InChI=1S/C17H16N4O4S/c1-24-11-6-7-12(14(8-11)25-2)16-19-20-17(26)21(16)18-9-10-4-3-5-13(22)15(10)23/h3-9,22-23H,1-2H3,(H,20,26)/b18-9+. The zero-order valence-electron chi connectivity index (χ0n) is 14.0. The normalized spacial score (nSPS) is 11.0. The van der Waals surface area contributed by atoms with E-state index in [2.05, 4.69) is 15.3 Å². The second-order valence-electron chi connectivity index (χ2n) is 5.19. The fourth-order valence-electron chi connectivity index (χ4n) is 2.33. The summed E-state index contributed by atoms with van der Waals surface area (Å²) < 4.78 is 12.2. The molecular weight excluding hydrogens is 356 g/mol. The molecule has 8 nitrogen and oxygen atoms in total. The van der Waals surface area contributed by atoms with Gasteiger partial charge in [0.25, 0.3) is 0 Å². The van der Waals surface area contributed by atoms with Gasteiger partial charge >= 0.3 is 0 Å². The van der Waals surface area contributed by atoms with Crippen LogP contribution in [-0.4, -0.2) is 45.5 Å². The summed E-state index contributed by atoms with van der Waals surface area (Å²) >= 11 is 5.23. The van der Waals surface area contributed by atoms with Crippen molar-refractivity contribution in [3.05, 3.63) is 46.7 Å². The highest BCUT2D eigenvalue weighted by Gasteiger charge is 2.15. The summed E-state index contributed by atoms with van der Waals surface area (Å²) in [6.07, 6.45) is 1.37. The summed E-state index contributed by atoms with van der Waals surface area (Å²) in [6, 6.07) is 9.85. The Hall–Kier alpha value is -3.33. The van der Waals surface area contributed by atoms with Gasteiger partial charge in [-0.25, -0.2) is 5.10 Å². The molecule has 0 aliphatic rings. The third-order valence-corrected chi connectivity index (χ3v) is 3.92. The number of methoxy groups -OCH3 is 2. The Morgan fingerprint density at radius 1 is 1.19 bits per heavy atom. The first-order valence-corrected chi connectivity index (χ1v) is 7.91. The third kappa shape index (κ3) is 3.24. The zero-order chi connectivity index (χ0) is 18.7. The summed E-state index contributed by atoms with van der Waals surface area (Å²) in [5, 5.41) is 30.6. The smallest absolute Gasteiger partial charge is 0.216 e. The van der Waals surface area contributed by atoms with Crippen molar-refractivity contribution in [3.63, 3.8) is 0 Å². The molecule has 0 spiro atoms. The van der Waals surface area contributed by atoms with Crippen LogP contribution < -0.4 is 9.47 Å². The van der Waals surface area contributed by atoms with E-state index in [1.165, 1.54) is 24.1 Å². The summed E-state index contributed by atoms with van der Waals surface area (Å²) in [5.74, 6) is 1.09. The van der Waals surface area contributed by atoms with E-state index in [0.717, 1.165) is 0 Å². The highest BCUT2D eigenvalue weighted by molar-refractivity contribution is 7.71. The van der Waals surface area contributed by atoms with Crippen LogP contribution in [0.25, 0.3) is 11.4 Å². The number of benzene rings is 2. The van der Waals surface area contributed by atoms with Crippen LogP contribution in [0.2, 0.25) is 0 Å². The molecule has 0 amide bonds. The lowest BCUT2D eigenvalue weighted by Gasteiger charge is -2.09. The topological polar surface area (TPSA) is 105 Å². The molecule has 2 aromatic carbocycles. The molecule has 134 valence electrons. The molecule has 3 aromatic rings. The lowest BCUT2D eigenvalue weighted by atomic mass is 10.2. The van der Waals surface area contributed by atoms with Crippen molar-refractivity contribution < 1.29 is 19.7 Å². The number of nitrogens with one attached hydrogen (secondary N) is 1. The maximum atomic E-state index is 9.89. The highest BCUT2D eigenvalue weighted by Crippen LogP contribution is 2.32. The molecule has 0 saturated heterocycles. The molecule has 3 rings (SSSR count). The van der Waals surface area contributed by atoms with Gasteiger partial charge in [0.2, 0.25) is 4.77 Å². The number of para-hydroxylation sites is 1. The van der Waals surface area contributed by atoms with E-state index in [4.69, 9.17) is 21.7 Å². The van der Waals surface area contributed by atoms with E-state index in [0.29, 0.717) is 28.5 Å². The van der Waals surface area contributed by atoms with Crippen molar-refractivity contribution in [1.82, 2.24) is 14.9 Å². The number of hydrogen-bond donors (Lipinski definition) is 3. The van der Waals surface area contributed by atoms with Crippen LogP contribution in [0, 0.1) is 4.77 Å². The molecule has 0 unspecified atom stereocenters. The van der Waals surface area contributed by atoms with E-state index in [9.17, 15) is 10.2 Å². The average molecular weight is 372 g/mol. The fraction of sp³-hybridized carbons (Fsp3) is 0.118. The van der Waals surface area contributed by atoms with Crippen LogP contribution >= 0.6 is 12.2 Å². The SMILES string of the molecule is COc1ccc(-c2n[nH]c(=S)n2/N=C/c2cccc(O)c2O)c(OC)c1. The number of aromatic amines is 1. The minimum Gasteiger partial charge on any atom is -0.504 e. The van der Waals surface area contributed by atoms with Crippen LogP contribution in [0.3, 0.4) is 0 Å². The Kier molecular flexibility index (Phi) is 4.90. The van der Waals surface area contributed by atoms with Crippen molar-refractivity contribution in [2.75, 3.05) is 14.2 Å². The van der Waals surface area contributed by atoms with E-state index < -0.39 is 0 Å². The number of aromatic nitrogens is 3. The van der Waals surface area contributed by atoms with E-state index in [-0.39, 0.29) is 16.3 Å². The molecule has 3 N–H and O–H groups in total. The van der Waals surface area contributed by atoms with Crippen LogP contribution in [0.4, 0.5) is 0 Å². The minimum atomic E-state index is -0.269. The van der Waals surface area contributed by atoms with Crippen LogP contribution in [0.5, 0.6) is 23.0 Å².